The van der Waals surface area contributed by atoms with E-state index in [-0.39, 0.29) is 13.1 Å². The van der Waals surface area contributed by atoms with Crippen LogP contribution in [0.15, 0.2) is 78.9 Å². The molecular formula is C34H40N3O5P. The number of methoxy groups -OCH3 is 2. The monoisotopic (exact) mass is 601 g/mol. The fourth-order valence-electron chi connectivity index (χ4n) is 7.09. The van der Waals surface area contributed by atoms with Crippen LogP contribution >= 0.6 is 7.92 Å². The van der Waals surface area contributed by atoms with Gasteiger partial charge in [0.1, 0.15) is 0 Å². The number of carbonyl (C=O) groups excluding carboxylic acids is 3. The van der Waals surface area contributed by atoms with E-state index in [4.69, 9.17) is 9.47 Å². The summed E-state index contributed by atoms with van der Waals surface area (Å²) in [5, 5.41) is 1.000. The number of nitrogens with zero attached hydrogens (tertiary/aromatic N) is 3. The molecule has 2 aliphatic rings. The van der Waals surface area contributed by atoms with Crippen LogP contribution in [-0.4, -0.2) is 85.2 Å². The molecule has 0 spiro atoms. The lowest BCUT2D eigenvalue weighted by atomic mass is 9.60. The van der Waals surface area contributed by atoms with Crippen LogP contribution in [0.2, 0.25) is 0 Å². The zero-order valence-electron chi connectivity index (χ0n) is 25.9. The molecule has 5 rings (SSSR count). The maximum atomic E-state index is 15.3. The quantitative estimate of drug-likeness (QED) is 0.226. The van der Waals surface area contributed by atoms with Crippen molar-refractivity contribution in [2.45, 2.75) is 11.3 Å². The van der Waals surface area contributed by atoms with Crippen LogP contribution in [0.5, 0.6) is 0 Å². The van der Waals surface area contributed by atoms with Crippen molar-refractivity contribution in [3.05, 3.63) is 90.0 Å². The lowest BCUT2D eigenvalue weighted by Gasteiger charge is -2.60. The van der Waals surface area contributed by atoms with Gasteiger partial charge in [-0.1, -0.05) is 62.5 Å². The van der Waals surface area contributed by atoms with Crippen molar-refractivity contribution in [2.75, 3.05) is 72.3 Å². The van der Waals surface area contributed by atoms with Crippen molar-refractivity contribution < 1.29 is 23.9 Å². The molecule has 0 aliphatic carbocycles. The van der Waals surface area contributed by atoms with E-state index in [9.17, 15) is 9.59 Å². The topological polar surface area (TPSA) is 79.4 Å². The van der Waals surface area contributed by atoms with E-state index in [1.54, 1.807) is 0 Å². The molecule has 2 heterocycles. The molecular weight excluding hydrogens is 561 g/mol. The molecule has 5 atom stereocenters. The Morgan fingerprint density at radius 2 is 1.12 bits per heavy atom. The first-order valence-electron chi connectivity index (χ1n) is 14.3. The summed E-state index contributed by atoms with van der Waals surface area (Å²) in [6.07, 6.45) is 0. The number of Topliss-reactive ketones (excluding diaryl/α,β-unsaturated/α-hetero) is 1. The van der Waals surface area contributed by atoms with E-state index < -0.39 is 47.8 Å². The van der Waals surface area contributed by atoms with Gasteiger partial charge in [0.2, 0.25) is 0 Å². The van der Waals surface area contributed by atoms with Gasteiger partial charge in [-0.15, -0.1) is 0 Å². The number of fused-ring (bicyclic) bond motifs is 2. The van der Waals surface area contributed by atoms with Gasteiger partial charge in [-0.25, -0.2) is 0 Å². The van der Waals surface area contributed by atoms with Gasteiger partial charge in [-0.05, 0) is 47.7 Å². The molecule has 3 aromatic carbocycles. The molecule has 2 aliphatic heterocycles. The van der Waals surface area contributed by atoms with Crippen LogP contribution in [0.4, 0.5) is 11.4 Å². The van der Waals surface area contributed by atoms with Crippen molar-refractivity contribution >= 4 is 42.3 Å². The van der Waals surface area contributed by atoms with Crippen LogP contribution in [0, 0.1) is 10.8 Å². The van der Waals surface area contributed by atoms with Gasteiger partial charge >= 0.3 is 11.9 Å². The van der Waals surface area contributed by atoms with E-state index in [1.165, 1.54) is 14.2 Å². The normalized spacial score (nSPS) is 26.9. The van der Waals surface area contributed by atoms with Gasteiger partial charge in [-0.2, -0.15) is 0 Å². The molecule has 0 radical (unpaired) electrons. The zero-order chi connectivity index (χ0) is 31.1. The summed E-state index contributed by atoms with van der Waals surface area (Å²) in [6.45, 7) is 0.268. The Balaban J connectivity index is 1.90. The Morgan fingerprint density at radius 1 is 0.721 bits per heavy atom. The number of hydrogen-bond acceptors (Lipinski definition) is 8. The summed E-state index contributed by atoms with van der Waals surface area (Å²) in [5.74, 6) is -1.66. The molecule has 9 heteroatoms. The Hall–Kier alpha value is -3.74. The highest BCUT2D eigenvalue weighted by atomic mass is 31.1. The average Bonchev–Trinajstić information content (AvgIpc) is 3.01. The van der Waals surface area contributed by atoms with E-state index in [1.807, 2.05) is 117 Å². The van der Waals surface area contributed by atoms with Crippen molar-refractivity contribution in [1.82, 2.24) is 4.90 Å². The zero-order valence-corrected chi connectivity index (χ0v) is 26.8. The molecule has 8 nitrogen and oxygen atoms in total. The third-order valence-electron chi connectivity index (χ3n) is 8.94. The Kier molecular flexibility index (Phi) is 8.39. The highest BCUT2D eigenvalue weighted by Gasteiger charge is 2.75. The van der Waals surface area contributed by atoms with E-state index in [2.05, 4.69) is 12.1 Å². The number of piperidine rings is 1. The molecule has 2 saturated heterocycles. The first-order chi connectivity index (χ1) is 20.5. The molecule has 0 saturated carbocycles. The van der Waals surface area contributed by atoms with Crippen molar-refractivity contribution in [3.8, 4) is 0 Å². The van der Waals surface area contributed by atoms with E-state index in [0.717, 1.165) is 27.8 Å². The smallest absolute Gasteiger partial charge is 0.321 e. The van der Waals surface area contributed by atoms with Gasteiger partial charge in [0.25, 0.3) is 0 Å². The van der Waals surface area contributed by atoms with Crippen molar-refractivity contribution in [1.29, 1.82) is 0 Å². The molecule has 2 bridgehead atoms. The number of hydrogen-bond donors (Lipinski definition) is 0. The summed E-state index contributed by atoms with van der Waals surface area (Å²) in [6, 6.07) is 26.1. The number of esters is 2. The third-order valence-corrected chi connectivity index (χ3v) is 12.4. The minimum Gasteiger partial charge on any atom is -0.468 e. The lowest BCUT2D eigenvalue weighted by Crippen LogP contribution is -2.70. The fourth-order valence-corrected chi connectivity index (χ4v) is 11.1. The second kappa shape index (κ2) is 11.7. The number of ether oxygens (including phenoxy) is 2. The largest absolute Gasteiger partial charge is 0.468 e. The lowest BCUT2D eigenvalue weighted by molar-refractivity contribution is -0.178. The van der Waals surface area contributed by atoms with Crippen LogP contribution in [0.25, 0.3) is 0 Å². The van der Waals surface area contributed by atoms with E-state index in [0.29, 0.717) is 0 Å². The second-order valence-corrected chi connectivity index (χ2v) is 14.3. The first kappa shape index (κ1) is 30.7. The highest BCUT2D eigenvalue weighted by Crippen LogP contribution is 2.77. The standard InChI is InChI=1S/C34H40N3O5P/c1-35(2)25-17-13-23(14-18-25)28-33(31(39)41-6)21-37(5)22-34(30(33)38,32(40)42-7)29(43(28)27-11-9-8-10-12-27)24-15-19-26(20-16-24)36(3)4/h8-20,28-29H,21-22H2,1-7H3/t28-,29+,33-,34+,43?. The Morgan fingerprint density at radius 3 is 1.47 bits per heavy atom. The Labute approximate surface area is 255 Å². The van der Waals surface area contributed by atoms with Gasteiger partial charge in [0.15, 0.2) is 16.6 Å². The van der Waals surface area contributed by atoms with Gasteiger partial charge in [0.05, 0.1) is 14.2 Å². The molecule has 0 aromatic heterocycles. The third kappa shape index (κ3) is 4.81. The van der Waals surface area contributed by atoms with Gasteiger partial charge in [0, 0.05) is 64.0 Å². The fraction of sp³-hybridized carbons (Fsp3) is 0.382. The second-order valence-electron chi connectivity index (χ2n) is 11.9. The molecule has 43 heavy (non-hydrogen) atoms. The summed E-state index contributed by atoms with van der Waals surface area (Å²) < 4.78 is 11.0. The first-order valence-corrected chi connectivity index (χ1v) is 15.8. The van der Waals surface area contributed by atoms with Crippen molar-refractivity contribution in [2.24, 2.45) is 10.8 Å². The predicted octanol–water partition coefficient (Wildman–Crippen LogP) is 4.26. The number of carbonyl (C=O) groups is 3. The maximum Gasteiger partial charge on any atom is 0.321 e. The molecule has 226 valence electrons. The molecule has 0 N–H and O–H groups in total. The summed E-state index contributed by atoms with van der Waals surface area (Å²) in [5.41, 5.74) is -0.662. The number of likely N-dealkylation sites (tertiary alicyclic amines) is 1. The minimum atomic E-state index is -1.63. The van der Waals surface area contributed by atoms with Crippen LogP contribution in [0.1, 0.15) is 22.4 Å². The number of benzene rings is 3. The van der Waals surface area contributed by atoms with Crippen LogP contribution in [0.3, 0.4) is 0 Å². The van der Waals surface area contributed by atoms with Crippen LogP contribution in [-0.2, 0) is 23.9 Å². The Bertz CT molecular complexity index is 1400. The number of ketones is 1. The van der Waals surface area contributed by atoms with Crippen LogP contribution < -0.4 is 15.1 Å². The minimum absolute atomic E-state index is 0.134. The maximum absolute atomic E-state index is 15.3. The summed E-state index contributed by atoms with van der Waals surface area (Å²) >= 11 is 0. The summed E-state index contributed by atoms with van der Waals surface area (Å²) in [4.78, 5) is 49.6. The SMILES string of the molecule is COC(=O)[C@]12CN(C)C[C@](C(=O)OC)(C1=O)[C@@H](c1ccc(N(C)C)cc1)P(c1ccccc1)[C@H]2c1ccc(N(C)C)cc1. The molecule has 1 unspecified atom stereocenters. The van der Waals surface area contributed by atoms with Gasteiger partial charge in [-0.3, -0.25) is 14.4 Å². The number of anilines is 2. The van der Waals surface area contributed by atoms with E-state index >= 15 is 4.79 Å². The highest BCUT2D eigenvalue weighted by molar-refractivity contribution is 7.66. The van der Waals surface area contributed by atoms with Crippen molar-refractivity contribution in [3.63, 3.8) is 0 Å². The van der Waals surface area contributed by atoms with Gasteiger partial charge < -0.3 is 24.2 Å². The average molecular weight is 602 g/mol. The molecule has 3 aromatic rings. The molecule has 0 amide bonds. The predicted molar refractivity (Wildman–Crippen MR) is 171 cm³/mol. The molecule has 2 fully saturated rings. The number of rotatable bonds is 7. The summed E-state index contributed by atoms with van der Waals surface area (Å²) in [7, 11) is 11.0.